The number of hydrogen-bond acceptors (Lipinski definition) is 5. The molecule has 156 valence electrons. The number of aromatic amines is 2. The number of H-pyrrole nitrogens is 2. The zero-order valence-corrected chi connectivity index (χ0v) is 16.6. The van der Waals surface area contributed by atoms with Crippen molar-refractivity contribution in [1.29, 1.82) is 0 Å². The SMILES string of the molecule is CC(C)Oc1cc2c(-c3cc(F)c(F)c4[nH]ncc34)c(N)c(=O)[nH]c2c2cccnc12. The third-order valence-electron chi connectivity index (χ3n) is 5.14. The molecule has 0 radical (unpaired) electrons. The Labute approximate surface area is 173 Å². The van der Waals surface area contributed by atoms with Gasteiger partial charge in [-0.1, -0.05) is 0 Å². The van der Waals surface area contributed by atoms with Crippen molar-refractivity contribution in [1.82, 2.24) is 20.2 Å². The molecule has 9 heteroatoms. The largest absolute Gasteiger partial charge is 0.489 e. The highest BCUT2D eigenvalue weighted by molar-refractivity contribution is 6.15. The zero-order chi connectivity index (χ0) is 21.9. The van der Waals surface area contributed by atoms with Crippen LogP contribution in [-0.4, -0.2) is 26.3 Å². The highest BCUT2D eigenvalue weighted by Crippen LogP contribution is 2.41. The molecule has 4 N–H and O–H groups in total. The molecular formula is C22H17F2N5O2. The van der Waals surface area contributed by atoms with E-state index in [1.165, 1.54) is 6.20 Å². The van der Waals surface area contributed by atoms with Gasteiger partial charge in [0.1, 0.15) is 22.5 Å². The van der Waals surface area contributed by atoms with Crippen LogP contribution >= 0.6 is 0 Å². The summed E-state index contributed by atoms with van der Waals surface area (Å²) >= 11 is 0. The van der Waals surface area contributed by atoms with Crippen molar-refractivity contribution in [2.45, 2.75) is 20.0 Å². The second-order valence-electron chi connectivity index (χ2n) is 7.48. The van der Waals surface area contributed by atoms with Crippen molar-refractivity contribution in [3.05, 3.63) is 58.6 Å². The number of rotatable bonds is 3. The maximum atomic E-state index is 14.4. The van der Waals surface area contributed by atoms with Gasteiger partial charge in [0.2, 0.25) is 0 Å². The molecule has 0 saturated heterocycles. The van der Waals surface area contributed by atoms with E-state index in [1.807, 2.05) is 13.8 Å². The molecule has 0 bridgehead atoms. The third kappa shape index (κ3) is 2.81. The van der Waals surface area contributed by atoms with Crippen LogP contribution in [0.15, 0.2) is 41.5 Å². The van der Waals surface area contributed by atoms with E-state index >= 15 is 0 Å². The number of hydrogen-bond donors (Lipinski definition) is 3. The minimum atomic E-state index is -1.08. The van der Waals surface area contributed by atoms with Gasteiger partial charge in [0, 0.05) is 27.9 Å². The first-order valence-corrected chi connectivity index (χ1v) is 9.58. The van der Waals surface area contributed by atoms with Gasteiger partial charge >= 0.3 is 0 Å². The highest BCUT2D eigenvalue weighted by atomic mass is 19.2. The van der Waals surface area contributed by atoms with E-state index in [4.69, 9.17) is 10.5 Å². The molecule has 0 saturated carbocycles. The summed E-state index contributed by atoms with van der Waals surface area (Å²) in [6, 6.07) is 6.27. The lowest BCUT2D eigenvalue weighted by molar-refractivity contribution is 0.245. The van der Waals surface area contributed by atoms with E-state index in [0.717, 1.165) is 6.07 Å². The minimum absolute atomic E-state index is 0.107. The lowest BCUT2D eigenvalue weighted by Gasteiger charge is -2.17. The maximum Gasteiger partial charge on any atom is 0.272 e. The van der Waals surface area contributed by atoms with Crippen LogP contribution in [0, 0.1) is 11.6 Å². The molecule has 5 aromatic rings. The van der Waals surface area contributed by atoms with Crippen molar-refractivity contribution >= 4 is 38.4 Å². The smallest absolute Gasteiger partial charge is 0.272 e. The first kappa shape index (κ1) is 19.0. The maximum absolute atomic E-state index is 14.4. The van der Waals surface area contributed by atoms with Gasteiger partial charge in [-0.25, -0.2) is 8.78 Å². The fourth-order valence-corrected chi connectivity index (χ4v) is 3.88. The lowest BCUT2D eigenvalue weighted by atomic mass is 9.95. The molecule has 0 unspecified atom stereocenters. The standard InChI is InChI=1S/C22H17F2N5O2/c1-9(2)31-15-7-12-16(11-6-14(23)17(24)21-13(11)8-27-29-21)18(25)22(30)28-19(12)10-4-3-5-26-20(10)15/h3-9H,25H2,1-2H3,(H,27,29)(H,28,30). The number of anilines is 1. The van der Waals surface area contributed by atoms with Crippen molar-refractivity contribution in [3.63, 3.8) is 0 Å². The van der Waals surface area contributed by atoms with Crippen LogP contribution in [-0.2, 0) is 0 Å². The predicted octanol–water partition coefficient (Wildman–Crippen LogP) is 4.27. The molecule has 0 spiro atoms. The Bertz CT molecular complexity index is 1560. The minimum Gasteiger partial charge on any atom is -0.489 e. The molecule has 3 heterocycles. The third-order valence-corrected chi connectivity index (χ3v) is 5.14. The van der Waals surface area contributed by atoms with Crippen LogP contribution in [0.3, 0.4) is 0 Å². The number of nitrogen functional groups attached to an aromatic ring is 1. The van der Waals surface area contributed by atoms with Gasteiger partial charge in [-0.3, -0.25) is 14.9 Å². The van der Waals surface area contributed by atoms with E-state index in [2.05, 4.69) is 20.2 Å². The number of fused-ring (bicyclic) bond motifs is 4. The van der Waals surface area contributed by atoms with Crippen LogP contribution in [0.2, 0.25) is 0 Å². The number of benzene rings is 2. The van der Waals surface area contributed by atoms with E-state index in [-0.39, 0.29) is 28.4 Å². The summed E-state index contributed by atoms with van der Waals surface area (Å²) in [5.41, 5.74) is 6.94. The number of ether oxygens (including phenoxy) is 1. The van der Waals surface area contributed by atoms with Crippen molar-refractivity contribution in [2.75, 3.05) is 5.73 Å². The number of aromatic nitrogens is 4. The average Bonchev–Trinajstić information content (AvgIpc) is 3.23. The summed E-state index contributed by atoms with van der Waals surface area (Å²) in [4.78, 5) is 19.9. The Hall–Kier alpha value is -4.01. The molecule has 0 fully saturated rings. The molecule has 0 aliphatic rings. The summed E-state index contributed by atoms with van der Waals surface area (Å²) in [7, 11) is 0. The van der Waals surface area contributed by atoms with Crippen LogP contribution in [0.1, 0.15) is 13.8 Å². The summed E-state index contributed by atoms with van der Waals surface area (Å²) in [6.45, 7) is 3.76. The van der Waals surface area contributed by atoms with Crippen molar-refractivity contribution in [2.24, 2.45) is 0 Å². The van der Waals surface area contributed by atoms with E-state index in [1.54, 1.807) is 24.4 Å². The number of pyridine rings is 2. The summed E-state index contributed by atoms with van der Waals surface area (Å²) in [6.07, 6.45) is 2.85. The van der Waals surface area contributed by atoms with Gasteiger partial charge < -0.3 is 15.5 Å². The van der Waals surface area contributed by atoms with E-state index in [9.17, 15) is 13.6 Å². The first-order chi connectivity index (χ1) is 14.9. The van der Waals surface area contributed by atoms with Crippen LogP contribution in [0.25, 0.3) is 43.8 Å². The predicted molar refractivity (Wildman–Crippen MR) is 115 cm³/mol. The Kier molecular flexibility index (Phi) is 4.14. The van der Waals surface area contributed by atoms with E-state index < -0.39 is 17.2 Å². The van der Waals surface area contributed by atoms with Gasteiger partial charge in [-0.15, -0.1) is 0 Å². The van der Waals surface area contributed by atoms with Crippen LogP contribution in [0.5, 0.6) is 5.75 Å². The number of nitrogens with zero attached hydrogens (tertiary/aromatic N) is 2. The topological polar surface area (TPSA) is 110 Å². The molecule has 0 atom stereocenters. The Balaban J connectivity index is 2.00. The molecule has 0 aliphatic carbocycles. The zero-order valence-electron chi connectivity index (χ0n) is 16.6. The number of nitrogens with one attached hydrogen (secondary N) is 2. The van der Waals surface area contributed by atoms with Gasteiger partial charge in [0.15, 0.2) is 11.6 Å². The van der Waals surface area contributed by atoms with Crippen molar-refractivity contribution < 1.29 is 13.5 Å². The molecule has 0 amide bonds. The summed E-state index contributed by atoms with van der Waals surface area (Å²) < 4.78 is 34.7. The molecule has 3 aromatic heterocycles. The van der Waals surface area contributed by atoms with Crippen LogP contribution < -0.4 is 16.0 Å². The first-order valence-electron chi connectivity index (χ1n) is 9.58. The van der Waals surface area contributed by atoms with Gasteiger partial charge in [-0.2, -0.15) is 5.10 Å². The normalized spacial score (nSPS) is 11.8. The molecule has 5 rings (SSSR count). The molecule has 7 nitrogen and oxygen atoms in total. The molecular weight excluding hydrogens is 404 g/mol. The number of nitrogens with two attached hydrogens (primary N) is 1. The van der Waals surface area contributed by atoms with E-state index in [0.29, 0.717) is 32.9 Å². The Morgan fingerprint density at radius 3 is 2.71 bits per heavy atom. The quantitative estimate of drug-likeness (QED) is 0.377. The Morgan fingerprint density at radius 2 is 1.94 bits per heavy atom. The second-order valence-corrected chi connectivity index (χ2v) is 7.48. The fourth-order valence-electron chi connectivity index (χ4n) is 3.88. The van der Waals surface area contributed by atoms with Crippen LogP contribution in [0.4, 0.5) is 14.5 Å². The molecule has 2 aromatic carbocycles. The van der Waals surface area contributed by atoms with Gasteiger partial charge in [0.05, 0.1) is 17.8 Å². The Morgan fingerprint density at radius 1 is 1.13 bits per heavy atom. The average molecular weight is 421 g/mol. The van der Waals surface area contributed by atoms with Crippen molar-refractivity contribution in [3.8, 4) is 16.9 Å². The van der Waals surface area contributed by atoms with Gasteiger partial charge in [-0.05, 0) is 43.7 Å². The molecule has 31 heavy (non-hydrogen) atoms. The fraction of sp³-hybridized carbons (Fsp3) is 0.136. The second kappa shape index (κ2) is 6.76. The monoisotopic (exact) mass is 421 g/mol. The summed E-state index contributed by atoms with van der Waals surface area (Å²) in [5, 5.41) is 7.75. The summed E-state index contributed by atoms with van der Waals surface area (Å²) in [5.74, 6) is -1.65. The molecule has 0 aliphatic heterocycles. The highest BCUT2D eigenvalue weighted by Gasteiger charge is 2.22. The lowest BCUT2D eigenvalue weighted by Crippen LogP contribution is -2.14. The number of halogens is 2. The van der Waals surface area contributed by atoms with Gasteiger partial charge in [0.25, 0.3) is 5.56 Å².